The van der Waals surface area contributed by atoms with Crippen molar-refractivity contribution in [2.75, 3.05) is 31.9 Å². The van der Waals surface area contributed by atoms with Crippen LogP contribution in [-0.4, -0.2) is 53.5 Å². The molecule has 0 atom stereocenters. The van der Waals surface area contributed by atoms with Gasteiger partial charge in [0.05, 0.1) is 5.75 Å². The van der Waals surface area contributed by atoms with Crippen LogP contribution in [0.3, 0.4) is 0 Å². The molecule has 4 nitrogen and oxygen atoms in total. The first kappa shape index (κ1) is 15.4. The highest BCUT2D eigenvalue weighted by molar-refractivity contribution is 8.00. The number of amides is 2. The summed E-state index contributed by atoms with van der Waals surface area (Å²) < 4.78 is 0. The molecule has 2 amide bonds. The summed E-state index contributed by atoms with van der Waals surface area (Å²) in [5.74, 6) is 1.22. The number of aryl methyl sites for hydroxylation is 1. The molecule has 0 unspecified atom stereocenters. The first-order valence-corrected chi connectivity index (χ1v) is 8.88. The largest absolute Gasteiger partial charge is 0.339 e. The van der Waals surface area contributed by atoms with Crippen LogP contribution in [0.15, 0.2) is 29.2 Å². The molecule has 5 heteroatoms. The zero-order chi connectivity index (χ0) is 15.5. The van der Waals surface area contributed by atoms with Crippen LogP contribution in [-0.2, 0) is 9.59 Å². The van der Waals surface area contributed by atoms with Gasteiger partial charge >= 0.3 is 0 Å². The summed E-state index contributed by atoms with van der Waals surface area (Å²) >= 11 is 1.60. The molecule has 1 saturated carbocycles. The molecule has 0 radical (unpaired) electrons. The highest BCUT2D eigenvalue weighted by Crippen LogP contribution is 2.31. The van der Waals surface area contributed by atoms with Gasteiger partial charge in [0.1, 0.15) is 0 Å². The Kier molecular flexibility index (Phi) is 4.71. The van der Waals surface area contributed by atoms with E-state index in [2.05, 4.69) is 19.1 Å². The molecule has 0 N–H and O–H groups in total. The van der Waals surface area contributed by atoms with Gasteiger partial charge in [-0.3, -0.25) is 9.59 Å². The number of nitrogens with zero attached hydrogens (tertiary/aromatic N) is 2. The van der Waals surface area contributed by atoms with Crippen LogP contribution < -0.4 is 0 Å². The maximum Gasteiger partial charge on any atom is 0.233 e. The Morgan fingerprint density at radius 2 is 1.73 bits per heavy atom. The van der Waals surface area contributed by atoms with Crippen LogP contribution in [0.4, 0.5) is 0 Å². The average molecular weight is 318 g/mol. The van der Waals surface area contributed by atoms with Gasteiger partial charge in [0.25, 0.3) is 0 Å². The third-order valence-electron chi connectivity index (χ3n) is 4.32. The fraction of sp³-hybridized carbons (Fsp3) is 0.529. The molecule has 1 saturated heterocycles. The second kappa shape index (κ2) is 6.73. The molecular formula is C17H22N2O2S. The molecule has 0 bridgehead atoms. The maximum absolute atomic E-state index is 12.3. The summed E-state index contributed by atoms with van der Waals surface area (Å²) in [7, 11) is 0. The lowest BCUT2D eigenvalue weighted by Crippen LogP contribution is -2.51. The zero-order valence-electron chi connectivity index (χ0n) is 13.0. The lowest BCUT2D eigenvalue weighted by molar-refractivity contribution is -0.139. The number of piperazine rings is 1. The summed E-state index contributed by atoms with van der Waals surface area (Å²) in [5, 5.41) is 0. The second-order valence-electron chi connectivity index (χ2n) is 6.03. The average Bonchev–Trinajstić information content (AvgIpc) is 3.38. The smallest absolute Gasteiger partial charge is 0.233 e. The van der Waals surface area contributed by atoms with E-state index in [1.54, 1.807) is 11.8 Å². The lowest BCUT2D eigenvalue weighted by Gasteiger charge is -2.35. The third kappa shape index (κ3) is 3.64. The van der Waals surface area contributed by atoms with E-state index < -0.39 is 0 Å². The van der Waals surface area contributed by atoms with Gasteiger partial charge in [0.2, 0.25) is 11.8 Å². The summed E-state index contributed by atoms with van der Waals surface area (Å²) in [6, 6.07) is 8.13. The summed E-state index contributed by atoms with van der Waals surface area (Å²) in [4.78, 5) is 29.3. The standard InChI is InChI=1S/C17H22N2O2S/c1-13-4-2-3-5-15(13)22-12-16(20)18-8-10-19(11-9-18)17(21)14-6-7-14/h2-5,14H,6-12H2,1H3. The van der Waals surface area contributed by atoms with Gasteiger partial charge in [0.15, 0.2) is 0 Å². The minimum atomic E-state index is 0.173. The van der Waals surface area contributed by atoms with Crippen LogP contribution in [0.1, 0.15) is 18.4 Å². The molecule has 0 aromatic heterocycles. The molecule has 1 aromatic carbocycles. The highest BCUT2D eigenvalue weighted by Gasteiger charge is 2.35. The van der Waals surface area contributed by atoms with E-state index in [4.69, 9.17) is 0 Å². The van der Waals surface area contributed by atoms with Crippen molar-refractivity contribution in [2.24, 2.45) is 5.92 Å². The highest BCUT2D eigenvalue weighted by atomic mass is 32.2. The molecule has 118 valence electrons. The monoisotopic (exact) mass is 318 g/mol. The first-order valence-electron chi connectivity index (χ1n) is 7.90. The van der Waals surface area contributed by atoms with Crippen molar-refractivity contribution in [1.29, 1.82) is 0 Å². The Bertz CT molecular complexity index is 564. The van der Waals surface area contributed by atoms with Crippen LogP contribution in [0.25, 0.3) is 0 Å². The van der Waals surface area contributed by atoms with Crippen molar-refractivity contribution in [2.45, 2.75) is 24.7 Å². The van der Waals surface area contributed by atoms with Crippen molar-refractivity contribution >= 4 is 23.6 Å². The fourth-order valence-corrected chi connectivity index (χ4v) is 3.65. The second-order valence-corrected chi connectivity index (χ2v) is 7.05. The van der Waals surface area contributed by atoms with Crippen molar-refractivity contribution in [3.8, 4) is 0 Å². The van der Waals surface area contributed by atoms with Crippen LogP contribution in [0.5, 0.6) is 0 Å². The van der Waals surface area contributed by atoms with Gasteiger partial charge in [-0.1, -0.05) is 18.2 Å². The number of carbonyl (C=O) groups excluding carboxylic acids is 2. The van der Waals surface area contributed by atoms with Crippen molar-refractivity contribution in [3.05, 3.63) is 29.8 Å². The number of carbonyl (C=O) groups is 2. The molecule has 1 aliphatic carbocycles. The van der Waals surface area contributed by atoms with Gasteiger partial charge in [-0.2, -0.15) is 0 Å². The summed E-state index contributed by atoms with van der Waals surface area (Å²) in [6.45, 7) is 4.79. The molecule has 1 aliphatic heterocycles. The Hall–Kier alpha value is -1.49. The number of hydrogen-bond donors (Lipinski definition) is 0. The topological polar surface area (TPSA) is 40.6 Å². The molecule has 2 fully saturated rings. The molecule has 2 aliphatic rings. The van der Waals surface area contributed by atoms with Crippen LogP contribution in [0, 0.1) is 12.8 Å². The van der Waals surface area contributed by atoms with E-state index in [0.29, 0.717) is 37.8 Å². The van der Waals surface area contributed by atoms with Crippen molar-refractivity contribution in [1.82, 2.24) is 9.80 Å². The van der Waals surface area contributed by atoms with Gasteiger partial charge in [-0.05, 0) is 31.4 Å². The van der Waals surface area contributed by atoms with E-state index in [9.17, 15) is 9.59 Å². The van der Waals surface area contributed by atoms with Gasteiger partial charge in [0, 0.05) is 37.0 Å². The van der Waals surface area contributed by atoms with Crippen LogP contribution >= 0.6 is 11.8 Å². The maximum atomic E-state index is 12.3. The van der Waals surface area contributed by atoms with E-state index in [-0.39, 0.29) is 11.8 Å². The predicted octanol–water partition coefficient (Wildman–Crippen LogP) is 2.17. The Balaban J connectivity index is 1.45. The normalized spacial score (nSPS) is 18.4. The quantitative estimate of drug-likeness (QED) is 0.799. The van der Waals surface area contributed by atoms with Gasteiger partial charge < -0.3 is 9.80 Å². The van der Waals surface area contributed by atoms with E-state index >= 15 is 0 Å². The Labute approximate surface area is 135 Å². The third-order valence-corrected chi connectivity index (χ3v) is 5.48. The van der Waals surface area contributed by atoms with Crippen molar-refractivity contribution in [3.63, 3.8) is 0 Å². The summed E-state index contributed by atoms with van der Waals surface area (Å²) in [6.07, 6.45) is 2.09. The number of hydrogen-bond acceptors (Lipinski definition) is 3. The summed E-state index contributed by atoms with van der Waals surface area (Å²) in [5.41, 5.74) is 1.21. The minimum Gasteiger partial charge on any atom is -0.339 e. The van der Waals surface area contributed by atoms with E-state index in [1.807, 2.05) is 21.9 Å². The fourth-order valence-electron chi connectivity index (χ4n) is 2.71. The Morgan fingerprint density at radius 3 is 2.36 bits per heavy atom. The molecular weight excluding hydrogens is 296 g/mol. The van der Waals surface area contributed by atoms with Gasteiger partial charge in [-0.25, -0.2) is 0 Å². The molecule has 1 aromatic rings. The molecule has 22 heavy (non-hydrogen) atoms. The number of thioether (sulfide) groups is 1. The lowest BCUT2D eigenvalue weighted by atomic mass is 10.2. The molecule has 0 spiro atoms. The minimum absolute atomic E-state index is 0.173. The predicted molar refractivity (Wildman–Crippen MR) is 87.8 cm³/mol. The Morgan fingerprint density at radius 1 is 1.09 bits per heavy atom. The van der Waals surface area contributed by atoms with E-state index in [0.717, 1.165) is 12.8 Å². The molecule has 3 rings (SSSR count). The number of benzene rings is 1. The first-order chi connectivity index (χ1) is 10.6. The molecule has 1 heterocycles. The number of rotatable bonds is 4. The zero-order valence-corrected chi connectivity index (χ0v) is 13.8. The SMILES string of the molecule is Cc1ccccc1SCC(=O)N1CCN(C(=O)C2CC2)CC1. The van der Waals surface area contributed by atoms with Crippen LogP contribution in [0.2, 0.25) is 0 Å². The van der Waals surface area contributed by atoms with Crippen molar-refractivity contribution < 1.29 is 9.59 Å². The van der Waals surface area contributed by atoms with Gasteiger partial charge in [-0.15, -0.1) is 11.8 Å². The van der Waals surface area contributed by atoms with E-state index in [1.165, 1.54) is 10.5 Å².